The van der Waals surface area contributed by atoms with Crippen LogP contribution in [0.15, 0.2) is 24.3 Å². The van der Waals surface area contributed by atoms with Gasteiger partial charge in [0.25, 0.3) is 0 Å². The minimum absolute atomic E-state index is 0.00264. The van der Waals surface area contributed by atoms with Crippen molar-refractivity contribution in [2.45, 2.75) is 25.3 Å². The van der Waals surface area contributed by atoms with Gasteiger partial charge in [0, 0.05) is 43.9 Å². The third-order valence-electron chi connectivity index (χ3n) is 4.36. The van der Waals surface area contributed by atoms with Crippen molar-refractivity contribution in [3.05, 3.63) is 34.9 Å². The fourth-order valence-corrected chi connectivity index (χ4v) is 2.97. The largest absolute Gasteiger partial charge is 0.396 e. The van der Waals surface area contributed by atoms with Crippen LogP contribution in [0.1, 0.15) is 18.4 Å². The molecule has 0 saturated carbocycles. The van der Waals surface area contributed by atoms with Gasteiger partial charge < -0.3 is 15.3 Å². The number of piperazine rings is 1. The highest BCUT2D eigenvalue weighted by Crippen LogP contribution is 2.12. The molecule has 1 atom stereocenters. The van der Waals surface area contributed by atoms with Crippen molar-refractivity contribution in [3.8, 4) is 0 Å². The molecule has 0 spiro atoms. The standard InChI is InChI=1S/C17H26ClN3O2/c1-20-10-11-21(13-16(20)8-12-22)17(23)19-9-2-3-14-4-6-15(18)7-5-14/h4-7,16,22H,2-3,8-13H2,1H3,(H,19,23). The number of hydrogen-bond donors (Lipinski definition) is 2. The molecule has 1 aromatic rings. The van der Waals surface area contributed by atoms with E-state index in [0.29, 0.717) is 19.5 Å². The number of aliphatic hydroxyl groups is 1. The monoisotopic (exact) mass is 339 g/mol. The lowest BCUT2D eigenvalue weighted by Crippen LogP contribution is -2.55. The molecule has 2 N–H and O–H groups in total. The molecule has 2 rings (SSSR count). The average Bonchev–Trinajstić information content (AvgIpc) is 2.55. The summed E-state index contributed by atoms with van der Waals surface area (Å²) < 4.78 is 0. The van der Waals surface area contributed by atoms with E-state index in [-0.39, 0.29) is 18.7 Å². The number of carbonyl (C=O) groups is 1. The van der Waals surface area contributed by atoms with E-state index in [0.717, 1.165) is 31.0 Å². The molecule has 0 radical (unpaired) electrons. The van der Waals surface area contributed by atoms with E-state index >= 15 is 0 Å². The topological polar surface area (TPSA) is 55.8 Å². The fraction of sp³-hybridized carbons (Fsp3) is 0.588. The SMILES string of the molecule is CN1CCN(C(=O)NCCCc2ccc(Cl)cc2)CC1CCO. The van der Waals surface area contributed by atoms with Crippen molar-refractivity contribution in [1.29, 1.82) is 0 Å². The molecule has 5 nitrogen and oxygen atoms in total. The first kappa shape index (κ1) is 18.0. The molecule has 1 fully saturated rings. The summed E-state index contributed by atoms with van der Waals surface area (Å²) in [7, 11) is 2.04. The van der Waals surface area contributed by atoms with Gasteiger partial charge in [0.15, 0.2) is 0 Å². The van der Waals surface area contributed by atoms with Crippen LogP contribution in [-0.2, 0) is 6.42 Å². The molecule has 2 amide bonds. The van der Waals surface area contributed by atoms with Crippen molar-refractivity contribution in [2.24, 2.45) is 0 Å². The maximum Gasteiger partial charge on any atom is 0.317 e. The van der Waals surface area contributed by atoms with Crippen LogP contribution in [-0.4, -0.2) is 66.8 Å². The van der Waals surface area contributed by atoms with E-state index in [2.05, 4.69) is 10.2 Å². The number of nitrogens with zero attached hydrogens (tertiary/aromatic N) is 2. The summed E-state index contributed by atoms with van der Waals surface area (Å²) in [4.78, 5) is 16.3. The Morgan fingerprint density at radius 3 is 2.78 bits per heavy atom. The van der Waals surface area contributed by atoms with E-state index in [4.69, 9.17) is 16.7 Å². The van der Waals surface area contributed by atoms with E-state index < -0.39 is 0 Å². The molecule has 0 aliphatic carbocycles. The average molecular weight is 340 g/mol. The predicted octanol–water partition coefficient (Wildman–Crippen LogP) is 1.98. The molecule has 0 bridgehead atoms. The Labute approximate surface area is 143 Å². The number of hydrogen-bond acceptors (Lipinski definition) is 3. The van der Waals surface area contributed by atoms with E-state index in [1.165, 1.54) is 5.56 Å². The Morgan fingerprint density at radius 2 is 2.09 bits per heavy atom. The first-order chi connectivity index (χ1) is 11.1. The maximum absolute atomic E-state index is 12.2. The molecule has 6 heteroatoms. The Hall–Kier alpha value is -1.30. The third kappa shape index (κ3) is 5.68. The van der Waals surface area contributed by atoms with Gasteiger partial charge in [-0.2, -0.15) is 0 Å². The van der Waals surface area contributed by atoms with Crippen molar-refractivity contribution in [3.63, 3.8) is 0 Å². The van der Waals surface area contributed by atoms with Gasteiger partial charge in [0.2, 0.25) is 0 Å². The zero-order valence-corrected chi connectivity index (χ0v) is 14.4. The lowest BCUT2D eigenvalue weighted by atomic mass is 10.1. The number of benzene rings is 1. The summed E-state index contributed by atoms with van der Waals surface area (Å²) in [6, 6.07) is 8.06. The fourth-order valence-electron chi connectivity index (χ4n) is 2.84. The lowest BCUT2D eigenvalue weighted by Gasteiger charge is -2.39. The second-order valence-electron chi connectivity index (χ2n) is 6.05. The van der Waals surface area contributed by atoms with Crippen LogP contribution in [0.25, 0.3) is 0 Å². The van der Waals surface area contributed by atoms with Gasteiger partial charge in [-0.3, -0.25) is 4.90 Å². The highest BCUT2D eigenvalue weighted by molar-refractivity contribution is 6.30. The zero-order valence-electron chi connectivity index (χ0n) is 13.7. The number of rotatable bonds is 6. The van der Waals surface area contributed by atoms with Gasteiger partial charge in [0.05, 0.1) is 0 Å². The van der Waals surface area contributed by atoms with Crippen LogP contribution < -0.4 is 5.32 Å². The molecule has 23 heavy (non-hydrogen) atoms. The first-order valence-corrected chi connectivity index (χ1v) is 8.56. The molecule has 1 saturated heterocycles. The Morgan fingerprint density at radius 1 is 1.35 bits per heavy atom. The van der Waals surface area contributed by atoms with Gasteiger partial charge in [-0.15, -0.1) is 0 Å². The molecule has 1 heterocycles. The predicted molar refractivity (Wildman–Crippen MR) is 92.9 cm³/mol. The zero-order chi connectivity index (χ0) is 16.7. The Balaban J connectivity index is 1.69. The molecular weight excluding hydrogens is 314 g/mol. The molecule has 1 aliphatic heterocycles. The number of amides is 2. The second kappa shape index (κ2) is 9.11. The molecule has 0 aromatic heterocycles. The van der Waals surface area contributed by atoms with Crippen molar-refractivity contribution in [2.75, 3.05) is 39.8 Å². The highest BCUT2D eigenvalue weighted by atomic mass is 35.5. The minimum Gasteiger partial charge on any atom is -0.396 e. The summed E-state index contributed by atoms with van der Waals surface area (Å²) >= 11 is 5.86. The third-order valence-corrected chi connectivity index (χ3v) is 4.61. The Kier molecular flexibility index (Phi) is 7.15. The molecule has 1 aromatic carbocycles. The van der Waals surface area contributed by atoms with Crippen LogP contribution in [0.4, 0.5) is 4.79 Å². The normalized spacial score (nSPS) is 18.9. The quantitative estimate of drug-likeness (QED) is 0.779. The summed E-state index contributed by atoms with van der Waals surface area (Å²) in [6.45, 7) is 3.09. The number of likely N-dealkylation sites (N-methyl/N-ethyl adjacent to an activating group) is 1. The number of halogens is 1. The minimum atomic E-state index is -0.00264. The summed E-state index contributed by atoms with van der Waals surface area (Å²) in [6.07, 6.45) is 2.53. The summed E-state index contributed by atoms with van der Waals surface area (Å²) in [5.74, 6) is 0. The van der Waals surface area contributed by atoms with Crippen molar-refractivity contribution in [1.82, 2.24) is 15.1 Å². The molecule has 128 valence electrons. The van der Waals surface area contributed by atoms with Gasteiger partial charge in [-0.1, -0.05) is 23.7 Å². The van der Waals surface area contributed by atoms with Crippen LogP contribution in [0.3, 0.4) is 0 Å². The lowest BCUT2D eigenvalue weighted by molar-refractivity contribution is 0.0928. The molecule has 1 aliphatic rings. The maximum atomic E-state index is 12.2. The smallest absolute Gasteiger partial charge is 0.317 e. The Bertz CT molecular complexity index is 495. The second-order valence-corrected chi connectivity index (χ2v) is 6.49. The number of nitrogens with one attached hydrogen (secondary N) is 1. The number of aryl methyl sites for hydroxylation is 1. The van der Waals surface area contributed by atoms with E-state index in [9.17, 15) is 4.79 Å². The number of carbonyl (C=O) groups excluding carboxylic acids is 1. The molecule has 1 unspecified atom stereocenters. The van der Waals surface area contributed by atoms with Crippen LogP contribution >= 0.6 is 11.6 Å². The van der Waals surface area contributed by atoms with Crippen molar-refractivity contribution < 1.29 is 9.90 Å². The summed E-state index contributed by atoms with van der Waals surface area (Å²) in [5, 5.41) is 12.8. The van der Waals surface area contributed by atoms with Gasteiger partial charge in [-0.05, 0) is 44.0 Å². The van der Waals surface area contributed by atoms with Crippen LogP contribution in [0.5, 0.6) is 0 Å². The highest BCUT2D eigenvalue weighted by Gasteiger charge is 2.26. The van der Waals surface area contributed by atoms with Crippen LogP contribution in [0, 0.1) is 0 Å². The van der Waals surface area contributed by atoms with E-state index in [1.54, 1.807) is 0 Å². The summed E-state index contributed by atoms with van der Waals surface area (Å²) in [5.41, 5.74) is 1.23. The van der Waals surface area contributed by atoms with Crippen molar-refractivity contribution >= 4 is 17.6 Å². The number of urea groups is 1. The number of aliphatic hydroxyl groups excluding tert-OH is 1. The van der Waals surface area contributed by atoms with Gasteiger partial charge in [-0.25, -0.2) is 4.79 Å². The van der Waals surface area contributed by atoms with Crippen LogP contribution in [0.2, 0.25) is 5.02 Å². The van der Waals surface area contributed by atoms with E-state index in [1.807, 2.05) is 36.2 Å². The van der Waals surface area contributed by atoms with Gasteiger partial charge in [0.1, 0.15) is 0 Å². The van der Waals surface area contributed by atoms with Gasteiger partial charge >= 0.3 is 6.03 Å². The molecular formula is C17H26ClN3O2. The first-order valence-electron chi connectivity index (χ1n) is 8.18.